The van der Waals surface area contributed by atoms with E-state index in [0.717, 1.165) is 52.1 Å². The van der Waals surface area contributed by atoms with Crippen LogP contribution in [0.5, 0.6) is 46.0 Å². The molecule has 0 spiro atoms. The fourth-order valence-electron chi connectivity index (χ4n) is 10.3. The van der Waals surface area contributed by atoms with Crippen molar-refractivity contribution in [2.45, 2.75) is 45.5 Å². The second-order valence-electron chi connectivity index (χ2n) is 20.8. The molecule has 0 unspecified atom stereocenters. The maximum absolute atomic E-state index is 15.8. The maximum atomic E-state index is 15.8. The van der Waals surface area contributed by atoms with Gasteiger partial charge >= 0.3 is 12.4 Å². The lowest BCUT2D eigenvalue weighted by Crippen LogP contribution is -2.54. The first kappa shape index (κ1) is 65.8. The highest BCUT2D eigenvalue weighted by molar-refractivity contribution is 5.75. The van der Waals surface area contributed by atoms with Crippen molar-refractivity contribution in [1.82, 2.24) is 0 Å². The van der Waals surface area contributed by atoms with Gasteiger partial charge in [0, 0.05) is 0 Å². The predicted molar refractivity (Wildman–Crippen MR) is 292 cm³/mol. The minimum absolute atomic E-state index is 0.0371. The molecular formula is C67H34F22O4. The molecule has 0 fully saturated rings. The topological polar surface area (TPSA) is 36.9 Å². The zero-order chi connectivity index (χ0) is 67.8. The van der Waals surface area contributed by atoms with Crippen LogP contribution >= 0.6 is 0 Å². The lowest BCUT2D eigenvalue weighted by atomic mass is 9.73. The number of rotatable bonds is 14. The van der Waals surface area contributed by atoms with E-state index in [2.05, 4.69) is 0 Å². The van der Waals surface area contributed by atoms with Crippen molar-refractivity contribution in [3.05, 3.63) is 260 Å². The van der Waals surface area contributed by atoms with Gasteiger partial charge in [-0.15, -0.1) is 0 Å². The Morgan fingerprint density at radius 1 is 0.247 bits per heavy atom. The highest BCUT2D eigenvalue weighted by Crippen LogP contribution is 2.57. The number of hydrogen-bond acceptors (Lipinski definition) is 4. The summed E-state index contributed by atoms with van der Waals surface area (Å²) in [4.78, 5) is 0. The molecule has 10 aromatic carbocycles. The van der Waals surface area contributed by atoms with Crippen LogP contribution < -0.4 is 18.9 Å². The molecule has 0 heterocycles. The minimum Gasteiger partial charge on any atom is -0.451 e. The summed E-state index contributed by atoms with van der Waals surface area (Å²) in [6, 6.07) is 21.9. The standard InChI is InChI=1S/C67H34F22O4/c1-27-5-14-36(15-6-27)90-61-53(76)45(68)41(46(69)54(61)77)43-49(72)57(80)63(58(81)50(43)73)92-38-18-10-34(11-19-38)65(66(84,85)86,67(87,88)89)35-12-20-39(21-13-35)93-64-59(82)51(74)44(52(75)60(64)83)42-47(70)55(78)62(56(79)48(42)71)91-37-16-7-31(8-17-37)40-22-9-32(26-30(40)4)33-24-28(2)23-29(3)25-33/h5-26H,1-4H3. The van der Waals surface area contributed by atoms with Gasteiger partial charge in [0.25, 0.3) is 0 Å². The molecule has 0 N–H and O–H groups in total. The number of aryl methyl sites for hydroxylation is 4. The molecule has 26 heteroatoms. The van der Waals surface area contributed by atoms with Gasteiger partial charge in [-0.1, -0.05) is 102 Å². The fraction of sp³-hybridized carbons (Fsp3) is 0.104. The van der Waals surface area contributed by atoms with Gasteiger partial charge in [0.05, 0.1) is 22.3 Å². The van der Waals surface area contributed by atoms with Gasteiger partial charge in [-0.25, -0.2) is 35.1 Å². The number of hydrogen-bond donors (Lipinski definition) is 0. The molecule has 10 rings (SSSR count). The van der Waals surface area contributed by atoms with Crippen molar-refractivity contribution < 1.29 is 116 Å². The Hall–Kier alpha value is -10.1. The third kappa shape index (κ3) is 11.5. The molecule has 0 atom stereocenters. The van der Waals surface area contributed by atoms with Gasteiger partial charge < -0.3 is 18.9 Å². The van der Waals surface area contributed by atoms with Crippen LogP contribution in [0.2, 0.25) is 0 Å². The first-order valence-electron chi connectivity index (χ1n) is 26.5. The smallest absolute Gasteiger partial charge is 0.411 e. The average molecular weight is 1320 g/mol. The molecule has 4 nitrogen and oxygen atoms in total. The highest BCUT2D eigenvalue weighted by atomic mass is 19.4. The maximum Gasteiger partial charge on any atom is 0.411 e. The second kappa shape index (κ2) is 24.5. The third-order valence-corrected chi connectivity index (χ3v) is 14.7. The summed E-state index contributed by atoms with van der Waals surface area (Å²) in [5.74, 6) is -53.8. The SMILES string of the molecule is Cc1ccc(Oc2c(F)c(F)c(-c3c(F)c(F)c(Oc4ccc(C(c5ccc(Oc6c(F)c(F)c(-c7c(F)c(F)c(Oc8ccc(-c9ccc(-c%10cc(C)cc(C)c%10)cc9C)cc8)c(F)c7F)c(F)c6F)cc5)(C(F)(F)F)C(F)(F)F)cc4)c(F)c3F)c(F)c2F)cc1. The molecule has 0 aliphatic carbocycles. The summed E-state index contributed by atoms with van der Waals surface area (Å²) in [5.41, 5.74) is -11.9. The van der Waals surface area contributed by atoms with E-state index >= 15 is 96.6 Å². The van der Waals surface area contributed by atoms with Crippen molar-refractivity contribution >= 4 is 0 Å². The average Bonchev–Trinajstić information content (AvgIpc) is 0.735. The molecule has 0 saturated carbocycles. The predicted octanol–water partition coefficient (Wildman–Crippen LogP) is 22.4. The summed E-state index contributed by atoms with van der Waals surface area (Å²) >= 11 is 0. The van der Waals surface area contributed by atoms with Crippen LogP contribution in [0.3, 0.4) is 0 Å². The van der Waals surface area contributed by atoms with Crippen molar-refractivity contribution in [3.8, 4) is 90.5 Å². The number of ether oxygens (including phenoxy) is 4. The minimum atomic E-state index is -6.49. The largest absolute Gasteiger partial charge is 0.451 e. The summed E-state index contributed by atoms with van der Waals surface area (Å²) in [6.07, 6.45) is -13.0. The van der Waals surface area contributed by atoms with Gasteiger partial charge in [0.1, 0.15) is 23.0 Å². The Labute approximate surface area is 510 Å². The number of benzene rings is 10. The first-order valence-corrected chi connectivity index (χ1v) is 26.5. The molecule has 0 radical (unpaired) electrons. The second-order valence-corrected chi connectivity index (χ2v) is 20.8. The zero-order valence-corrected chi connectivity index (χ0v) is 47.1. The Balaban J connectivity index is 0.898. The lowest BCUT2D eigenvalue weighted by molar-refractivity contribution is -0.288. The molecule has 0 aliphatic heterocycles. The highest BCUT2D eigenvalue weighted by Gasteiger charge is 2.72. The number of alkyl halides is 6. The van der Waals surface area contributed by atoms with E-state index in [9.17, 15) is 0 Å². The van der Waals surface area contributed by atoms with Crippen LogP contribution in [-0.4, -0.2) is 12.4 Å². The third-order valence-electron chi connectivity index (χ3n) is 14.7. The van der Waals surface area contributed by atoms with E-state index in [-0.39, 0.29) is 48.5 Å². The first-order chi connectivity index (χ1) is 43.7. The van der Waals surface area contributed by atoms with Gasteiger partial charge in [0.2, 0.25) is 75.0 Å². The summed E-state index contributed by atoms with van der Waals surface area (Å²) in [6.45, 7) is 7.27. The molecule has 0 bridgehead atoms. The van der Waals surface area contributed by atoms with E-state index in [4.69, 9.17) is 18.9 Å². The van der Waals surface area contributed by atoms with Crippen molar-refractivity contribution in [2.24, 2.45) is 0 Å². The molecule has 0 aromatic heterocycles. The summed E-state index contributed by atoms with van der Waals surface area (Å²) in [7, 11) is 0. The van der Waals surface area contributed by atoms with Gasteiger partial charge in [-0.3, -0.25) is 0 Å². The van der Waals surface area contributed by atoms with Crippen LogP contribution in [-0.2, 0) is 5.41 Å². The van der Waals surface area contributed by atoms with Crippen LogP contribution in [0.25, 0.3) is 44.5 Å². The summed E-state index contributed by atoms with van der Waals surface area (Å²) < 4.78 is 359. The Bertz CT molecular complexity index is 4470. The monoisotopic (exact) mass is 1320 g/mol. The Morgan fingerprint density at radius 2 is 0.505 bits per heavy atom. The molecular weight excluding hydrogens is 1290 g/mol. The van der Waals surface area contributed by atoms with E-state index in [1.807, 2.05) is 51.1 Å². The van der Waals surface area contributed by atoms with Crippen LogP contribution in [0.4, 0.5) is 96.6 Å². The van der Waals surface area contributed by atoms with Gasteiger partial charge in [-0.2, -0.15) is 61.5 Å². The molecule has 0 amide bonds. The van der Waals surface area contributed by atoms with E-state index < -0.39 is 190 Å². The van der Waals surface area contributed by atoms with Gasteiger partial charge in [-0.05, 0) is 115 Å². The molecule has 10 aromatic rings. The van der Waals surface area contributed by atoms with E-state index in [0.29, 0.717) is 16.7 Å². The molecule has 0 aliphatic rings. The lowest BCUT2D eigenvalue weighted by Gasteiger charge is -2.38. The summed E-state index contributed by atoms with van der Waals surface area (Å²) in [5, 5.41) is 0. The van der Waals surface area contributed by atoms with Gasteiger partial charge in [0.15, 0.2) is 46.5 Å². The van der Waals surface area contributed by atoms with E-state index in [1.54, 1.807) is 13.0 Å². The van der Waals surface area contributed by atoms with Crippen molar-refractivity contribution in [3.63, 3.8) is 0 Å². The van der Waals surface area contributed by atoms with Crippen LogP contribution in [0, 0.1) is 121 Å². The van der Waals surface area contributed by atoms with Crippen LogP contribution in [0.15, 0.2) is 133 Å². The molecule has 0 saturated heterocycles. The van der Waals surface area contributed by atoms with Crippen molar-refractivity contribution in [1.29, 1.82) is 0 Å². The van der Waals surface area contributed by atoms with E-state index in [1.165, 1.54) is 24.3 Å². The van der Waals surface area contributed by atoms with Crippen molar-refractivity contribution in [2.75, 3.05) is 0 Å². The molecule has 480 valence electrons. The normalized spacial score (nSPS) is 12.0. The Kier molecular flexibility index (Phi) is 17.3. The molecule has 93 heavy (non-hydrogen) atoms. The number of halogens is 22. The fourth-order valence-corrected chi connectivity index (χ4v) is 10.3. The van der Waals surface area contributed by atoms with Crippen LogP contribution in [0.1, 0.15) is 33.4 Å². The Morgan fingerprint density at radius 3 is 0.774 bits per heavy atom. The quantitative estimate of drug-likeness (QED) is 0.0803. The zero-order valence-electron chi connectivity index (χ0n) is 47.1.